The zero-order valence-electron chi connectivity index (χ0n) is 15.3. The number of hydrogen-bond acceptors (Lipinski definition) is 5. The summed E-state index contributed by atoms with van der Waals surface area (Å²) in [5.74, 6) is 1.80. The van der Waals surface area contributed by atoms with E-state index in [1.54, 1.807) is 6.07 Å². The van der Waals surface area contributed by atoms with Crippen molar-refractivity contribution in [2.75, 3.05) is 18.2 Å². The molecule has 140 valence electrons. The number of benzene rings is 3. The van der Waals surface area contributed by atoms with Crippen LogP contribution in [0.3, 0.4) is 0 Å². The first-order valence-corrected chi connectivity index (χ1v) is 9.39. The minimum atomic E-state index is 0.00725. The number of hydrogen-bond donors (Lipinski definition) is 1. The van der Waals surface area contributed by atoms with Crippen molar-refractivity contribution in [3.8, 4) is 17.2 Å². The van der Waals surface area contributed by atoms with E-state index in [2.05, 4.69) is 6.07 Å². The molecule has 0 saturated heterocycles. The second-order valence-corrected chi connectivity index (χ2v) is 6.87. The number of rotatable bonds is 3. The van der Waals surface area contributed by atoms with Gasteiger partial charge in [-0.2, -0.15) is 5.10 Å². The molecule has 0 bridgehead atoms. The van der Waals surface area contributed by atoms with Crippen LogP contribution in [0, 0.1) is 0 Å². The van der Waals surface area contributed by atoms with E-state index >= 15 is 0 Å². The molecule has 5 rings (SSSR count). The van der Waals surface area contributed by atoms with Crippen molar-refractivity contribution in [1.82, 2.24) is 0 Å². The Labute approximate surface area is 163 Å². The third-order valence-corrected chi connectivity index (χ3v) is 5.10. The first-order chi connectivity index (χ1) is 13.8. The van der Waals surface area contributed by atoms with Crippen LogP contribution < -0.4 is 14.5 Å². The maximum absolute atomic E-state index is 10.3. The molecule has 0 fully saturated rings. The predicted octanol–water partition coefficient (Wildman–Crippen LogP) is 4.52. The summed E-state index contributed by atoms with van der Waals surface area (Å²) in [6.07, 6.45) is 0.687. The molecule has 2 aliphatic heterocycles. The van der Waals surface area contributed by atoms with Gasteiger partial charge in [-0.3, -0.25) is 5.01 Å². The lowest BCUT2D eigenvalue weighted by molar-refractivity contribution is 0.171. The van der Waals surface area contributed by atoms with Gasteiger partial charge in [0.15, 0.2) is 11.5 Å². The molecule has 2 heterocycles. The molecule has 2 aliphatic rings. The van der Waals surface area contributed by atoms with Crippen molar-refractivity contribution >= 4 is 11.4 Å². The van der Waals surface area contributed by atoms with Gasteiger partial charge in [0.1, 0.15) is 19.0 Å². The van der Waals surface area contributed by atoms with Gasteiger partial charge in [0.05, 0.1) is 17.4 Å². The number of nitrogens with zero attached hydrogens (tertiary/aromatic N) is 2. The monoisotopic (exact) mass is 372 g/mol. The van der Waals surface area contributed by atoms with Gasteiger partial charge < -0.3 is 14.6 Å². The molecule has 3 aromatic rings. The van der Waals surface area contributed by atoms with Crippen LogP contribution in [0.1, 0.15) is 23.6 Å². The van der Waals surface area contributed by atoms with Crippen LogP contribution in [0.2, 0.25) is 0 Å². The summed E-state index contributed by atoms with van der Waals surface area (Å²) in [6.45, 7) is 1.13. The Morgan fingerprint density at radius 2 is 1.61 bits per heavy atom. The summed E-state index contributed by atoms with van der Waals surface area (Å²) < 4.78 is 11.4. The number of aromatic hydroxyl groups is 1. The van der Waals surface area contributed by atoms with Gasteiger partial charge in [0, 0.05) is 12.0 Å². The number of fused-ring (bicyclic) bond motifs is 1. The van der Waals surface area contributed by atoms with Crippen molar-refractivity contribution in [2.24, 2.45) is 5.10 Å². The van der Waals surface area contributed by atoms with E-state index in [9.17, 15) is 5.11 Å². The summed E-state index contributed by atoms with van der Waals surface area (Å²) in [6, 6.07) is 23.5. The number of para-hydroxylation sites is 2. The summed E-state index contributed by atoms with van der Waals surface area (Å²) in [7, 11) is 0. The molecular weight excluding hydrogens is 352 g/mol. The van der Waals surface area contributed by atoms with Gasteiger partial charge in [-0.1, -0.05) is 36.4 Å². The fourth-order valence-corrected chi connectivity index (χ4v) is 3.74. The van der Waals surface area contributed by atoms with E-state index in [0.29, 0.717) is 19.6 Å². The van der Waals surface area contributed by atoms with E-state index in [1.807, 2.05) is 65.7 Å². The molecule has 5 heteroatoms. The average Bonchev–Trinajstić information content (AvgIpc) is 3.19. The van der Waals surface area contributed by atoms with Crippen LogP contribution in [0.25, 0.3) is 0 Å². The lowest BCUT2D eigenvalue weighted by atomic mass is 9.97. The highest BCUT2D eigenvalue weighted by Crippen LogP contribution is 2.41. The Bertz CT molecular complexity index is 1030. The first kappa shape index (κ1) is 16.7. The molecule has 1 atom stereocenters. The fraction of sp³-hybridized carbons (Fsp3) is 0.174. The predicted molar refractivity (Wildman–Crippen MR) is 108 cm³/mol. The maximum atomic E-state index is 10.3. The summed E-state index contributed by atoms with van der Waals surface area (Å²) >= 11 is 0. The number of phenolic OH excluding ortho intramolecular Hbond substituents is 1. The Morgan fingerprint density at radius 1 is 0.857 bits per heavy atom. The van der Waals surface area contributed by atoms with Crippen molar-refractivity contribution < 1.29 is 14.6 Å². The van der Waals surface area contributed by atoms with Crippen molar-refractivity contribution in [1.29, 1.82) is 0 Å². The maximum Gasteiger partial charge on any atom is 0.161 e. The topological polar surface area (TPSA) is 54.3 Å². The van der Waals surface area contributed by atoms with Gasteiger partial charge in [-0.15, -0.1) is 0 Å². The average molecular weight is 372 g/mol. The molecule has 0 aromatic heterocycles. The molecule has 0 unspecified atom stereocenters. The number of hydrazone groups is 1. The largest absolute Gasteiger partial charge is 0.507 e. The molecule has 0 saturated carbocycles. The van der Waals surface area contributed by atoms with Crippen LogP contribution >= 0.6 is 0 Å². The Morgan fingerprint density at radius 3 is 2.43 bits per heavy atom. The highest BCUT2D eigenvalue weighted by Gasteiger charge is 2.31. The molecule has 5 nitrogen and oxygen atoms in total. The molecule has 0 aliphatic carbocycles. The third kappa shape index (κ3) is 2.95. The standard InChI is InChI=1S/C23H20N2O3/c26-21-9-5-4-8-18(21)19-15-20(25(24-19)17-6-2-1-3-7-17)16-10-11-22-23(14-16)28-13-12-27-22/h1-11,14,20,26H,12-13,15H2/t20-/m1/s1. The first-order valence-electron chi connectivity index (χ1n) is 9.39. The smallest absolute Gasteiger partial charge is 0.161 e. The van der Waals surface area contributed by atoms with Gasteiger partial charge in [0.2, 0.25) is 0 Å². The van der Waals surface area contributed by atoms with Crippen LogP contribution in [0.5, 0.6) is 17.2 Å². The number of ether oxygens (including phenoxy) is 2. The molecule has 0 spiro atoms. The highest BCUT2D eigenvalue weighted by molar-refractivity contribution is 6.05. The van der Waals surface area contributed by atoms with Crippen molar-refractivity contribution in [3.05, 3.63) is 83.9 Å². The summed E-state index contributed by atoms with van der Waals surface area (Å²) in [5, 5.41) is 17.2. The van der Waals surface area contributed by atoms with Crippen molar-refractivity contribution in [3.63, 3.8) is 0 Å². The lowest BCUT2D eigenvalue weighted by Gasteiger charge is -2.25. The third-order valence-electron chi connectivity index (χ3n) is 5.10. The second kappa shape index (κ2) is 6.93. The molecule has 0 amide bonds. The van der Waals surface area contributed by atoms with E-state index in [1.165, 1.54) is 0 Å². The molecule has 3 aromatic carbocycles. The van der Waals surface area contributed by atoms with Gasteiger partial charge in [0.25, 0.3) is 0 Å². The minimum Gasteiger partial charge on any atom is -0.507 e. The zero-order valence-corrected chi connectivity index (χ0v) is 15.3. The fourth-order valence-electron chi connectivity index (χ4n) is 3.74. The van der Waals surface area contributed by atoms with Gasteiger partial charge in [-0.05, 0) is 42.0 Å². The molecular formula is C23H20N2O3. The van der Waals surface area contributed by atoms with E-state index in [-0.39, 0.29) is 11.8 Å². The van der Waals surface area contributed by atoms with Crippen LogP contribution in [0.15, 0.2) is 77.9 Å². The normalized spacial score (nSPS) is 18.1. The SMILES string of the molecule is Oc1ccccc1C1=NN(c2ccccc2)[C@@H](c2ccc3c(c2)OCCO3)C1. The van der Waals surface area contributed by atoms with Crippen LogP contribution in [-0.4, -0.2) is 24.0 Å². The van der Waals surface area contributed by atoms with Crippen LogP contribution in [0.4, 0.5) is 5.69 Å². The molecule has 28 heavy (non-hydrogen) atoms. The van der Waals surface area contributed by atoms with Crippen molar-refractivity contribution in [2.45, 2.75) is 12.5 Å². The zero-order chi connectivity index (χ0) is 18.9. The summed E-state index contributed by atoms with van der Waals surface area (Å²) in [5.41, 5.74) is 3.74. The Balaban J connectivity index is 1.56. The summed E-state index contributed by atoms with van der Waals surface area (Å²) in [4.78, 5) is 0. The van der Waals surface area contributed by atoms with Crippen LogP contribution in [-0.2, 0) is 0 Å². The molecule has 0 radical (unpaired) electrons. The highest BCUT2D eigenvalue weighted by atomic mass is 16.6. The van der Waals surface area contributed by atoms with E-state index < -0.39 is 0 Å². The number of anilines is 1. The lowest BCUT2D eigenvalue weighted by Crippen LogP contribution is -2.20. The number of phenols is 1. The minimum absolute atomic E-state index is 0.00725. The quantitative estimate of drug-likeness (QED) is 0.734. The van der Waals surface area contributed by atoms with Gasteiger partial charge >= 0.3 is 0 Å². The second-order valence-electron chi connectivity index (χ2n) is 6.87. The van der Waals surface area contributed by atoms with Gasteiger partial charge in [-0.25, -0.2) is 0 Å². The van der Waals surface area contributed by atoms with E-state index in [4.69, 9.17) is 14.6 Å². The molecule has 1 N–H and O–H groups in total. The Hall–Kier alpha value is -3.47. The van der Waals surface area contributed by atoms with E-state index in [0.717, 1.165) is 34.0 Å². The Kier molecular flexibility index (Phi) is 4.13.